The second kappa shape index (κ2) is 7.39. The van der Waals surface area contributed by atoms with Gasteiger partial charge in [-0.2, -0.15) is 0 Å². The molecule has 0 amide bonds. The number of allylic oxidation sites excluding steroid dienone is 3. The van der Waals surface area contributed by atoms with E-state index in [1.165, 1.54) is 13.0 Å². The van der Waals surface area contributed by atoms with Gasteiger partial charge in [-0.3, -0.25) is 9.59 Å². The Morgan fingerprint density at radius 3 is 2.43 bits per heavy atom. The maximum atomic E-state index is 12.9. The molecule has 0 saturated heterocycles. The van der Waals surface area contributed by atoms with Gasteiger partial charge in [0.1, 0.15) is 6.10 Å². The highest BCUT2D eigenvalue weighted by Gasteiger charge is 2.71. The van der Waals surface area contributed by atoms with Gasteiger partial charge in [0.05, 0.1) is 6.10 Å². The second-order valence-corrected chi connectivity index (χ2v) is 12.4. The van der Waals surface area contributed by atoms with E-state index < -0.39 is 58.0 Å². The summed E-state index contributed by atoms with van der Waals surface area (Å²) in [6, 6.07) is 0. The third kappa shape index (κ3) is 3.00. The van der Waals surface area contributed by atoms with Gasteiger partial charge in [0.25, 0.3) is 0 Å². The Morgan fingerprint density at radius 1 is 1.14 bits per heavy atom. The molecule has 0 aromatic heterocycles. The van der Waals surface area contributed by atoms with Crippen molar-refractivity contribution in [2.24, 2.45) is 39.4 Å². The highest BCUT2D eigenvalue weighted by molar-refractivity contribution is 5.96. The minimum atomic E-state index is -1.25. The lowest BCUT2D eigenvalue weighted by Crippen LogP contribution is -2.70. The van der Waals surface area contributed by atoms with Crippen molar-refractivity contribution in [2.75, 3.05) is 0 Å². The van der Waals surface area contributed by atoms with Crippen LogP contribution >= 0.6 is 0 Å². The van der Waals surface area contributed by atoms with E-state index >= 15 is 0 Å². The molecule has 1 heterocycles. The van der Waals surface area contributed by atoms with Crippen LogP contribution in [0.4, 0.5) is 0 Å². The Bertz CT molecular complexity index is 1100. The zero-order valence-corrected chi connectivity index (χ0v) is 21.3. The maximum absolute atomic E-state index is 12.9. The van der Waals surface area contributed by atoms with Crippen LogP contribution in [0, 0.1) is 39.4 Å². The lowest BCUT2D eigenvalue weighted by molar-refractivity contribution is -0.229. The van der Waals surface area contributed by atoms with Crippen molar-refractivity contribution in [3.8, 4) is 0 Å². The molecule has 2 saturated carbocycles. The Balaban J connectivity index is 1.66. The summed E-state index contributed by atoms with van der Waals surface area (Å²) in [6.45, 7) is 11.5. The molecular formula is C28H36O7. The van der Waals surface area contributed by atoms with Gasteiger partial charge in [0, 0.05) is 35.3 Å². The first-order valence-electron chi connectivity index (χ1n) is 12.6. The molecule has 4 aliphatic carbocycles. The molecule has 9 atom stereocenters. The van der Waals surface area contributed by atoms with Crippen molar-refractivity contribution in [3.05, 3.63) is 35.5 Å². The van der Waals surface area contributed by atoms with Crippen LogP contribution < -0.4 is 0 Å². The summed E-state index contributed by atoms with van der Waals surface area (Å²) < 4.78 is 10.9. The van der Waals surface area contributed by atoms with Gasteiger partial charge in [0.2, 0.25) is 6.29 Å². The first-order chi connectivity index (χ1) is 16.2. The fourth-order valence-electron chi connectivity index (χ4n) is 9.03. The van der Waals surface area contributed by atoms with Crippen LogP contribution in [0.25, 0.3) is 0 Å². The van der Waals surface area contributed by atoms with Crippen LogP contribution in [0.5, 0.6) is 0 Å². The molecule has 0 radical (unpaired) electrons. The molecule has 1 aliphatic heterocycles. The first-order valence-corrected chi connectivity index (χ1v) is 12.6. The second-order valence-electron chi connectivity index (χ2n) is 12.4. The summed E-state index contributed by atoms with van der Waals surface area (Å²) in [5.74, 6) is -1.57. The number of ketones is 1. The molecule has 2 fully saturated rings. The molecule has 0 bridgehead atoms. The number of aliphatic hydroxyl groups excluding tert-OH is 2. The van der Waals surface area contributed by atoms with Crippen molar-refractivity contribution >= 4 is 17.7 Å². The average Bonchev–Trinajstić information content (AvgIpc) is 3.26. The largest absolute Gasteiger partial charge is 0.459 e. The number of ether oxygens (including phenoxy) is 2. The third-order valence-electron chi connectivity index (χ3n) is 10.4. The van der Waals surface area contributed by atoms with E-state index in [4.69, 9.17) is 9.47 Å². The molecule has 190 valence electrons. The summed E-state index contributed by atoms with van der Waals surface area (Å²) in [4.78, 5) is 37.1. The van der Waals surface area contributed by atoms with Crippen LogP contribution in [0.15, 0.2) is 35.5 Å². The number of carbonyl (C=O) groups excluding carboxylic acids is 3. The SMILES string of the molecule is CC(=O)O[C@@H]1[C@H](O)[C@@H]2C(C)(C)C(=O)C=C[C@]2(C)[C@@H]2CC[C@]3(C)C(=CC[C@H]3C3=CC(=O)O[C@@H]3O)[C@]12C. The van der Waals surface area contributed by atoms with Crippen LogP contribution in [-0.4, -0.2) is 46.4 Å². The molecule has 5 rings (SSSR count). The molecule has 0 aromatic carbocycles. The van der Waals surface area contributed by atoms with Gasteiger partial charge in [-0.1, -0.05) is 52.3 Å². The smallest absolute Gasteiger partial charge is 0.333 e. The van der Waals surface area contributed by atoms with Crippen LogP contribution in [0.2, 0.25) is 0 Å². The molecular weight excluding hydrogens is 448 g/mol. The summed E-state index contributed by atoms with van der Waals surface area (Å²) >= 11 is 0. The number of aliphatic hydroxyl groups is 2. The normalized spacial score (nSPS) is 47.8. The molecule has 0 spiro atoms. The standard InChI is InChI=1S/C28H36O7/c1-14(29)34-23-21(32)22-25(2,3)19(30)10-12-27(22,5)18-9-11-26(4)16(7-8-17(26)28(18,23)6)15-13-20(31)35-24(15)33/h8,10,12-13,16,18,21-24,32-33H,7,9,11H2,1-6H3/t16-,18-,21+,22+,23+,24-,26-,27+,28-/m0/s1. The number of hydrogen-bond acceptors (Lipinski definition) is 7. The summed E-state index contributed by atoms with van der Waals surface area (Å²) in [6.07, 6.45) is 6.29. The number of carbonyl (C=O) groups is 3. The lowest BCUT2D eigenvalue weighted by atomic mass is 9.37. The fourth-order valence-corrected chi connectivity index (χ4v) is 9.03. The van der Waals surface area contributed by atoms with Gasteiger partial charge < -0.3 is 19.7 Å². The highest BCUT2D eigenvalue weighted by Crippen LogP contribution is 2.72. The van der Waals surface area contributed by atoms with Crippen LogP contribution in [0.1, 0.15) is 60.8 Å². The average molecular weight is 485 g/mol. The quantitative estimate of drug-likeness (QED) is 0.457. The van der Waals surface area contributed by atoms with E-state index in [1.54, 1.807) is 6.08 Å². The highest BCUT2D eigenvalue weighted by atomic mass is 16.6. The van der Waals surface area contributed by atoms with Crippen LogP contribution in [-0.2, 0) is 23.9 Å². The third-order valence-corrected chi connectivity index (χ3v) is 10.4. The molecule has 0 aromatic rings. The zero-order valence-electron chi connectivity index (χ0n) is 21.3. The van der Waals surface area contributed by atoms with Gasteiger partial charge in [-0.25, -0.2) is 4.79 Å². The molecule has 7 heteroatoms. The van der Waals surface area contributed by atoms with E-state index in [0.717, 1.165) is 18.4 Å². The Kier molecular flexibility index (Phi) is 5.16. The summed E-state index contributed by atoms with van der Waals surface area (Å²) in [5, 5.41) is 22.3. The molecule has 2 N–H and O–H groups in total. The number of esters is 2. The van der Waals surface area contributed by atoms with Gasteiger partial charge >= 0.3 is 11.9 Å². The van der Waals surface area contributed by atoms with E-state index in [-0.39, 0.29) is 17.6 Å². The molecule has 0 unspecified atom stereocenters. The fraction of sp³-hybridized carbons (Fsp3) is 0.679. The predicted octanol–water partition coefficient (Wildman–Crippen LogP) is 3.25. The summed E-state index contributed by atoms with van der Waals surface area (Å²) in [7, 11) is 0. The van der Waals surface area contributed by atoms with Gasteiger partial charge in [0.15, 0.2) is 5.78 Å². The van der Waals surface area contributed by atoms with Crippen molar-refractivity contribution in [3.63, 3.8) is 0 Å². The van der Waals surface area contributed by atoms with Crippen molar-refractivity contribution < 1.29 is 34.1 Å². The predicted molar refractivity (Wildman–Crippen MR) is 126 cm³/mol. The topological polar surface area (TPSA) is 110 Å². The number of rotatable bonds is 2. The zero-order chi connectivity index (χ0) is 25.7. The van der Waals surface area contributed by atoms with Crippen LogP contribution in [0.3, 0.4) is 0 Å². The minimum absolute atomic E-state index is 0.00909. The van der Waals surface area contributed by atoms with E-state index in [2.05, 4.69) is 26.8 Å². The monoisotopic (exact) mass is 484 g/mol. The molecule has 35 heavy (non-hydrogen) atoms. The number of fused-ring (bicyclic) bond motifs is 5. The Hall–Kier alpha value is -2.25. The summed E-state index contributed by atoms with van der Waals surface area (Å²) in [5.41, 5.74) is -0.739. The minimum Gasteiger partial charge on any atom is -0.459 e. The molecule has 5 aliphatic rings. The van der Waals surface area contributed by atoms with E-state index in [0.29, 0.717) is 12.0 Å². The van der Waals surface area contributed by atoms with Gasteiger partial charge in [-0.15, -0.1) is 0 Å². The number of hydrogen-bond donors (Lipinski definition) is 2. The molecule has 7 nitrogen and oxygen atoms in total. The van der Waals surface area contributed by atoms with E-state index in [1.807, 2.05) is 19.9 Å². The van der Waals surface area contributed by atoms with Crippen molar-refractivity contribution in [1.82, 2.24) is 0 Å². The lowest BCUT2D eigenvalue weighted by Gasteiger charge is -2.67. The Labute approximate surface area is 206 Å². The maximum Gasteiger partial charge on any atom is 0.333 e. The van der Waals surface area contributed by atoms with E-state index in [9.17, 15) is 24.6 Å². The van der Waals surface area contributed by atoms with Crippen molar-refractivity contribution in [2.45, 2.75) is 79.3 Å². The van der Waals surface area contributed by atoms with Crippen molar-refractivity contribution in [1.29, 1.82) is 0 Å². The first kappa shape index (κ1) is 24.4. The number of cyclic esters (lactones) is 1. The van der Waals surface area contributed by atoms with Gasteiger partial charge in [-0.05, 0) is 48.0 Å². The Morgan fingerprint density at radius 2 is 1.83 bits per heavy atom.